The van der Waals surface area contributed by atoms with Gasteiger partial charge in [0.25, 0.3) is 0 Å². The molecule has 0 saturated heterocycles. The van der Waals surface area contributed by atoms with Gasteiger partial charge in [-0.25, -0.2) is 4.79 Å². The Hall–Kier alpha value is -3.22. The van der Waals surface area contributed by atoms with E-state index in [9.17, 15) is 19.8 Å². The summed E-state index contributed by atoms with van der Waals surface area (Å²) in [5, 5.41) is 24.1. The summed E-state index contributed by atoms with van der Waals surface area (Å²) in [6.07, 6.45) is 0.913. The number of alkyl carbamates (subject to hydrolysis) is 1. The van der Waals surface area contributed by atoms with Crippen molar-refractivity contribution in [3.63, 3.8) is 0 Å². The topological polar surface area (TPSA) is 108 Å². The molecule has 0 spiro atoms. The minimum absolute atomic E-state index is 0.0671. The molecule has 0 heterocycles. The fraction of sp³-hybridized carbons (Fsp3) is 0.417. The number of amides is 2. The summed E-state index contributed by atoms with van der Waals surface area (Å²) in [5.74, 6) is -0.200. The minimum atomic E-state index is -0.578. The summed E-state index contributed by atoms with van der Waals surface area (Å²) < 4.78 is 5.06. The van der Waals surface area contributed by atoms with Crippen molar-refractivity contribution in [3.05, 3.63) is 59.2 Å². The first-order valence-electron chi connectivity index (χ1n) is 10.5. The molecule has 2 amide bonds. The van der Waals surface area contributed by atoms with Crippen LogP contribution in [0.3, 0.4) is 0 Å². The molecule has 31 heavy (non-hydrogen) atoms. The number of carbonyl (C=O) groups is 2. The largest absolute Gasteiger partial charge is 0.504 e. The van der Waals surface area contributed by atoms with Gasteiger partial charge in [-0.2, -0.15) is 0 Å². The van der Waals surface area contributed by atoms with Crippen molar-refractivity contribution in [2.24, 2.45) is 5.92 Å². The van der Waals surface area contributed by atoms with Crippen LogP contribution >= 0.6 is 0 Å². The van der Waals surface area contributed by atoms with Crippen LogP contribution < -0.4 is 10.6 Å². The Morgan fingerprint density at radius 1 is 0.903 bits per heavy atom. The second-order valence-electron chi connectivity index (χ2n) is 7.99. The first kappa shape index (κ1) is 24.1. The zero-order valence-electron chi connectivity index (χ0n) is 18.4. The number of nitrogens with one attached hydrogen (secondary N) is 2. The number of carbonyl (C=O) groups excluding carboxylic acids is 2. The lowest BCUT2D eigenvalue weighted by molar-refractivity contribution is -0.122. The summed E-state index contributed by atoms with van der Waals surface area (Å²) in [6.45, 7) is 6.81. The third-order valence-electron chi connectivity index (χ3n) is 4.87. The highest BCUT2D eigenvalue weighted by atomic mass is 16.5. The van der Waals surface area contributed by atoms with E-state index in [-0.39, 0.29) is 36.5 Å². The Labute approximate surface area is 183 Å². The van der Waals surface area contributed by atoms with Crippen LogP contribution in [0.5, 0.6) is 11.5 Å². The first-order valence-corrected chi connectivity index (χ1v) is 10.5. The van der Waals surface area contributed by atoms with Gasteiger partial charge in [0.05, 0.1) is 12.5 Å². The Bertz CT molecular complexity index is 865. The van der Waals surface area contributed by atoms with Gasteiger partial charge in [0.1, 0.15) is 6.61 Å². The van der Waals surface area contributed by atoms with Crippen molar-refractivity contribution in [1.82, 2.24) is 10.6 Å². The fourth-order valence-electron chi connectivity index (χ4n) is 3.12. The molecule has 7 heteroatoms. The van der Waals surface area contributed by atoms with E-state index >= 15 is 0 Å². The lowest BCUT2D eigenvalue weighted by atomic mass is 9.96. The predicted octanol–water partition coefficient (Wildman–Crippen LogP) is 3.48. The van der Waals surface area contributed by atoms with E-state index in [1.54, 1.807) is 6.07 Å². The molecule has 168 valence electrons. The number of aromatic hydroxyl groups is 2. The normalized spacial score (nSPS) is 11.7. The second kappa shape index (κ2) is 11.8. The third kappa shape index (κ3) is 8.20. The maximum absolute atomic E-state index is 12.3. The predicted molar refractivity (Wildman–Crippen MR) is 119 cm³/mol. The van der Waals surface area contributed by atoms with Crippen molar-refractivity contribution >= 4 is 12.0 Å². The first-order chi connectivity index (χ1) is 14.8. The van der Waals surface area contributed by atoms with Crippen LogP contribution in [-0.2, 0) is 22.4 Å². The number of ether oxygens (including phenoxy) is 1. The average molecular weight is 429 g/mol. The molecule has 0 bridgehead atoms. The molecule has 2 rings (SSSR count). The molecule has 1 unspecified atom stereocenters. The van der Waals surface area contributed by atoms with Crippen LogP contribution in [0.4, 0.5) is 4.79 Å². The summed E-state index contributed by atoms with van der Waals surface area (Å²) in [4.78, 5) is 24.1. The maximum atomic E-state index is 12.3. The van der Waals surface area contributed by atoms with Crippen molar-refractivity contribution in [3.8, 4) is 11.5 Å². The van der Waals surface area contributed by atoms with Crippen LogP contribution in [0.15, 0.2) is 42.5 Å². The van der Waals surface area contributed by atoms with Crippen molar-refractivity contribution in [2.75, 3.05) is 19.7 Å². The molecule has 2 aromatic rings. The monoisotopic (exact) mass is 428 g/mol. The fourth-order valence-corrected chi connectivity index (χ4v) is 3.12. The van der Waals surface area contributed by atoms with Crippen molar-refractivity contribution in [2.45, 2.75) is 39.5 Å². The van der Waals surface area contributed by atoms with Gasteiger partial charge >= 0.3 is 6.09 Å². The highest BCUT2D eigenvalue weighted by Gasteiger charge is 2.15. The molecule has 0 aliphatic heterocycles. The molecular formula is C24H32N2O5. The highest BCUT2D eigenvalue weighted by Crippen LogP contribution is 2.24. The van der Waals surface area contributed by atoms with E-state index in [2.05, 4.69) is 36.6 Å². The smallest absolute Gasteiger partial charge is 0.407 e. The molecule has 0 fully saturated rings. The quantitative estimate of drug-likeness (QED) is 0.342. The lowest BCUT2D eigenvalue weighted by Gasteiger charge is -2.14. The molecule has 0 saturated carbocycles. The number of hydrogen-bond acceptors (Lipinski definition) is 5. The zero-order chi connectivity index (χ0) is 22.8. The molecule has 2 aromatic carbocycles. The Morgan fingerprint density at radius 2 is 1.58 bits per heavy atom. The summed E-state index contributed by atoms with van der Waals surface area (Å²) >= 11 is 0. The molecule has 0 aliphatic carbocycles. The van der Waals surface area contributed by atoms with E-state index in [0.717, 1.165) is 17.5 Å². The van der Waals surface area contributed by atoms with Gasteiger partial charge in [-0.15, -0.1) is 0 Å². The number of benzene rings is 2. The minimum Gasteiger partial charge on any atom is -0.504 e. The number of phenols is 2. The molecule has 0 radical (unpaired) electrons. The maximum Gasteiger partial charge on any atom is 0.407 e. The summed E-state index contributed by atoms with van der Waals surface area (Å²) in [6, 6.07) is 12.6. The van der Waals surface area contributed by atoms with Gasteiger partial charge in [0.15, 0.2) is 11.5 Å². The highest BCUT2D eigenvalue weighted by molar-refractivity contribution is 5.83. The van der Waals surface area contributed by atoms with Gasteiger partial charge in [-0.05, 0) is 54.5 Å². The van der Waals surface area contributed by atoms with Gasteiger partial charge in [0.2, 0.25) is 5.91 Å². The van der Waals surface area contributed by atoms with Crippen molar-refractivity contribution in [1.29, 1.82) is 0 Å². The number of hydrogen-bond donors (Lipinski definition) is 4. The van der Waals surface area contributed by atoms with Gasteiger partial charge in [0, 0.05) is 6.54 Å². The van der Waals surface area contributed by atoms with Gasteiger partial charge in [-0.1, -0.05) is 44.2 Å². The van der Waals surface area contributed by atoms with Crippen LogP contribution in [0.1, 0.15) is 43.4 Å². The Morgan fingerprint density at radius 3 is 2.23 bits per heavy atom. The zero-order valence-corrected chi connectivity index (χ0v) is 18.4. The Kier molecular flexibility index (Phi) is 9.18. The molecule has 0 aromatic heterocycles. The molecule has 1 atom stereocenters. The molecule has 4 N–H and O–H groups in total. The SMILES string of the molecule is CC(C)Cc1ccc(C(C)C(=O)NCCOC(=O)NCCc2ccc(O)c(O)c2)cc1. The Balaban J connectivity index is 1.63. The second-order valence-corrected chi connectivity index (χ2v) is 7.99. The van der Waals surface area contributed by atoms with Crippen LogP contribution in [0.25, 0.3) is 0 Å². The average Bonchev–Trinajstić information content (AvgIpc) is 2.73. The molecular weight excluding hydrogens is 396 g/mol. The standard InChI is InChI=1S/C24H32N2O5/c1-16(2)14-18-4-7-20(8-5-18)17(3)23(29)25-12-13-31-24(30)26-11-10-19-6-9-21(27)22(28)15-19/h4-9,15-17,27-28H,10-14H2,1-3H3,(H,25,29)(H,26,30). The summed E-state index contributed by atoms with van der Waals surface area (Å²) in [7, 11) is 0. The van der Waals surface area contributed by atoms with E-state index < -0.39 is 6.09 Å². The molecule has 7 nitrogen and oxygen atoms in total. The summed E-state index contributed by atoms with van der Waals surface area (Å²) in [5.41, 5.74) is 2.98. The van der Waals surface area contributed by atoms with Gasteiger partial charge in [-0.3, -0.25) is 4.79 Å². The molecule has 0 aliphatic rings. The van der Waals surface area contributed by atoms with Crippen molar-refractivity contribution < 1.29 is 24.5 Å². The number of phenolic OH excluding ortho intramolecular Hbond substituents is 2. The van der Waals surface area contributed by atoms with E-state index in [4.69, 9.17) is 4.74 Å². The van der Waals surface area contributed by atoms with Gasteiger partial charge < -0.3 is 25.6 Å². The third-order valence-corrected chi connectivity index (χ3v) is 4.87. The lowest BCUT2D eigenvalue weighted by Crippen LogP contribution is -2.33. The van der Waals surface area contributed by atoms with Crippen LogP contribution in [0.2, 0.25) is 0 Å². The van der Waals surface area contributed by atoms with E-state index in [0.29, 0.717) is 18.9 Å². The van der Waals surface area contributed by atoms with Crippen LogP contribution in [0, 0.1) is 5.92 Å². The van der Waals surface area contributed by atoms with E-state index in [1.165, 1.54) is 17.7 Å². The number of rotatable bonds is 10. The van der Waals surface area contributed by atoms with E-state index in [1.807, 2.05) is 19.1 Å². The van der Waals surface area contributed by atoms with Crippen LogP contribution in [-0.4, -0.2) is 41.9 Å².